The quantitative estimate of drug-likeness (QED) is 0.562. The van der Waals surface area contributed by atoms with Crippen LogP contribution in [-0.4, -0.2) is 30.6 Å². The van der Waals surface area contributed by atoms with Crippen molar-refractivity contribution in [2.75, 3.05) is 18.5 Å². The molecule has 28 heavy (non-hydrogen) atoms. The van der Waals surface area contributed by atoms with E-state index in [9.17, 15) is 0 Å². The number of hydrogen-bond acceptors (Lipinski definition) is 3. The highest BCUT2D eigenvalue weighted by Gasteiger charge is 2.18. The van der Waals surface area contributed by atoms with Crippen molar-refractivity contribution in [3.63, 3.8) is 0 Å². The zero-order valence-corrected chi connectivity index (χ0v) is 17.2. The van der Waals surface area contributed by atoms with Crippen LogP contribution in [0.15, 0.2) is 53.7 Å². The lowest BCUT2D eigenvalue weighted by Crippen LogP contribution is -2.37. The normalized spacial score (nSPS) is 15.3. The molecule has 2 N–H and O–H groups in total. The summed E-state index contributed by atoms with van der Waals surface area (Å²) in [7, 11) is 2.23. The lowest BCUT2D eigenvalue weighted by Gasteiger charge is -2.33. The Morgan fingerprint density at radius 1 is 1.07 bits per heavy atom. The number of aliphatic imine (C=N–C) groups is 1. The third-order valence-electron chi connectivity index (χ3n) is 5.39. The van der Waals surface area contributed by atoms with Crippen molar-refractivity contribution in [1.82, 2.24) is 15.6 Å². The maximum atomic E-state index is 4.72. The molecule has 2 aromatic rings. The summed E-state index contributed by atoms with van der Waals surface area (Å²) in [5.74, 6) is 0.816. The number of anilines is 1. The maximum Gasteiger partial charge on any atom is 0.191 e. The Morgan fingerprint density at radius 3 is 2.54 bits per heavy atom. The van der Waals surface area contributed by atoms with Gasteiger partial charge in [0, 0.05) is 31.5 Å². The molecule has 1 aromatic carbocycles. The summed E-state index contributed by atoms with van der Waals surface area (Å²) in [6.45, 7) is 4.23. The lowest BCUT2D eigenvalue weighted by atomic mass is 9.94. The second-order valence-corrected chi connectivity index (χ2v) is 7.44. The second-order valence-electron chi connectivity index (χ2n) is 7.44. The fourth-order valence-corrected chi connectivity index (χ4v) is 3.70. The minimum Gasteiger partial charge on any atom is -0.372 e. The molecule has 1 heterocycles. The first-order valence-electron chi connectivity index (χ1n) is 10.5. The lowest BCUT2D eigenvalue weighted by molar-refractivity contribution is 0.427. The van der Waals surface area contributed by atoms with Gasteiger partial charge in [-0.15, -0.1) is 0 Å². The van der Waals surface area contributed by atoms with Gasteiger partial charge in [-0.3, -0.25) is 4.98 Å². The van der Waals surface area contributed by atoms with Gasteiger partial charge in [-0.25, -0.2) is 4.99 Å². The van der Waals surface area contributed by atoms with Gasteiger partial charge in [0.15, 0.2) is 5.96 Å². The highest BCUT2D eigenvalue weighted by Crippen LogP contribution is 2.26. The Bertz CT molecular complexity index is 720. The molecule has 1 aromatic heterocycles. The average molecular weight is 380 g/mol. The number of nitrogens with zero attached hydrogens (tertiary/aromatic N) is 3. The van der Waals surface area contributed by atoms with Crippen LogP contribution in [0.2, 0.25) is 0 Å². The van der Waals surface area contributed by atoms with Gasteiger partial charge < -0.3 is 15.5 Å². The van der Waals surface area contributed by atoms with E-state index >= 15 is 0 Å². The molecule has 0 radical (unpaired) electrons. The monoisotopic (exact) mass is 379 g/mol. The van der Waals surface area contributed by atoms with Crippen LogP contribution >= 0.6 is 0 Å². The molecule has 1 aliphatic carbocycles. The summed E-state index contributed by atoms with van der Waals surface area (Å²) < 4.78 is 0. The standard InChI is InChI=1S/C23H33N5/c1-3-24-23(27-18-20-9-7-8-16-25-20)26-17-19-12-14-22(15-13-19)28(2)21-10-5-4-6-11-21/h7-9,12-16,21H,3-6,10-11,17-18H2,1-2H3,(H2,24,26,27). The van der Waals surface area contributed by atoms with Crippen LogP contribution in [0.25, 0.3) is 0 Å². The Hall–Kier alpha value is -2.56. The van der Waals surface area contributed by atoms with Crippen LogP contribution in [0, 0.1) is 0 Å². The van der Waals surface area contributed by atoms with Gasteiger partial charge in [0.2, 0.25) is 0 Å². The van der Waals surface area contributed by atoms with E-state index < -0.39 is 0 Å². The van der Waals surface area contributed by atoms with E-state index in [1.165, 1.54) is 43.4 Å². The number of benzene rings is 1. The molecular weight excluding hydrogens is 346 g/mol. The van der Waals surface area contributed by atoms with E-state index in [0.717, 1.165) is 18.2 Å². The first kappa shape index (κ1) is 20.2. The average Bonchev–Trinajstić information content (AvgIpc) is 2.77. The molecule has 3 rings (SSSR count). The second kappa shape index (κ2) is 10.7. The van der Waals surface area contributed by atoms with E-state index in [4.69, 9.17) is 4.99 Å². The molecule has 1 aliphatic rings. The molecule has 0 amide bonds. The van der Waals surface area contributed by atoms with Crippen LogP contribution in [0.4, 0.5) is 5.69 Å². The zero-order chi connectivity index (χ0) is 19.6. The van der Waals surface area contributed by atoms with Crippen LogP contribution in [-0.2, 0) is 13.1 Å². The van der Waals surface area contributed by atoms with Crippen molar-refractivity contribution in [2.45, 2.75) is 58.2 Å². The first-order valence-corrected chi connectivity index (χ1v) is 10.5. The molecule has 0 bridgehead atoms. The topological polar surface area (TPSA) is 52.6 Å². The maximum absolute atomic E-state index is 4.72. The van der Waals surface area contributed by atoms with Crippen molar-refractivity contribution < 1.29 is 0 Å². The van der Waals surface area contributed by atoms with Crippen molar-refractivity contribution in [3.05, 3.63) is 59.9 Å². The van der Waals surface area contributed by atoms with Gasteiger partial charge in [-0.05, 0) is 49.6 Å². The van der Waals surface area contributed by atoms with Gasteiger partial charge in [-0.2, -0.15) is 0 Å². The summed E-state index contributed by atoms with van der Waals surface area (Å²) in [4.78, 5) is 11.5. The number of nitrogens with one attached hydrogen (secondary N) is 2. The predicted molar refractivity (Wildman–Crippen MR) is 118 cm³/mol. The Morgan fingerprint density at radius 2 is 1.86 bits per heavy atom. The molecule has 1 fully saturated rings. The smallest absolute Gasteiger partial charge is 0.191 e. The van der Waals surface area contributed by atoms with E-state index in [1.54, 1.807) is 0 Å². The Labute approximate surface area is 169 Å². The predicted octanol–water partition coefficient (Wildman–Crippen LogP) is 4.11. The summed E-state index contributed by atoms with van der Waals surface area (Å²) >= 11 is 0. The molecule has 0 saturated heterocycles. The van der Waals surface area contributed by atoms with Crippen LogP contribution in [0.3, 0.4) is 0 Å². The highest BCUT2D eigenvalue weighted by atomic mass is 15.2. The minimum absolute atomic E-state index is 0.658. The largest absolute Gasteiger partial charge is 0.372 e. The summed E-state index contributed by atoms with van der Waals surface area (Å²) in [6.07, 6.45) is 8.56. The number of pyridine rings is 1. The molecule has 5 nitrogen and oxygen atoms in total. The highest BCUT2D eigenvalue weighted by molar-refractivity contribution is 5.79. The third kappa shape index (κ3) is 5.98. The number of aromatic nitrogens is 1. The number of hydrogen-bond donors (Lipinski definition) is 2. The number of guanidine groups is 1. The van der Waals surface area contributed by atoms with Crippen LogP contribution < -0.4 is 15.5 Å². The van der Waals surface area contributed by atoms with E-state index in [-0.39, 0.29) is 0 Å². The molecule has 0 unspecified atom stereocenters. The summed E-state index contributed by atoms with van der Waals surface area (Å²) in [6, 6.07) is 15.5. The van der Waals surface area contributed by atoms with Crippen LogP contribution in [0.5, 0.6) is 0 Å². The summed E-state index contributed by atoms with van der Waals surface area (Å²) in [5, 5.41) is 6.65. The molecule has 0 spiro atoms. The van der Waals surface area contributed by atoms with Gasteiger partial charge >= 0.3 is 0 Å². The van der Waals surface area contributed by atoms with Gasteiger partial charge in [0.05, 0.1) is 18.8 Å². The fraction of sp³-hybridized carbons (Fsp3) is 0.478. The van der Waals surface area contributed by atoms with Crippen molar-refractivity contribution in [2.24, 2.45) is 4.99 Å². The first-order chi connectivity index (χ1) is 13.8. The minimum atomic E-state index is 0.658. The Balaban J connectivity index is 1.56. The fourth-order valence-electron chi connectivity index (χ4n) is 3.70. The van der Waals surface area contributed by atoms with Crippen molar-refractivity contribution in [1.29, 1.82) is 0 Å². The molecular formula is C23H33N5. The molecule has 150 valence electrons. The van der Waals surface area contributed by atoms with Gasteiger partial charge in [0.1, 0.15) is 0 Å². The zero-order valence-electron chi connectivity index (χ0n) is 17.2. The van der Waals surface area contributed by atoms with E-state index in [2.05, 4.69) is 58.8 Å². The molecule has 1 saturated carbocycles. The van der Waals surface area contributed by atoms with E-state index in [0.29, 0.717) is 19.1 Å². The SMILES string of the molecule is CCNC(=NCc1ccc(N(C)C2CCCCC2)cc1)NCc1ccccn1. The van der Waals surface area contributed by atoms with Crippen LogP contribution in [0.1, 0.15) is 50.3 Å². The van der Waals surface area contributed by atoms with Gasteiger partial charge in [-0.1, -0.05) is 37.5 Å². The van der Waals surface area contributed by atoms with Crippen molar-refractivity contribution in [3.8, 4) is 0 Å². The third-order valence-corrected chi connectivity index (χ3v) is 5.39. The van der Waals surface area contributed by atoms with Gasteiger partial charge in [0.25, 0.3) is 0 Å². The molecule has 5 heteroatoms. The Kier molecular flexibility index (Phi) is 7.71. The number of rotatable bonds is 7. The summed E-state index contributed by atoms with van der Waals surface area (Å²) in [5.41, 5.74) is 3.53. The molecule has 0 atom stereocenters. The van der Waals surface area contributed by atoms with Crippen molar-refractivity contribution >= 4 is 11.6 Å². The van der Waals surface area contributed by atoms with E-state index in [1.807, 2.05) is 24.4 Å². The molecule has 0 aliphatic heterocycles.